The normalized spacial score (nSPS) is 9.64. The van der Waals surface area contributed by atoms with Gasteiger partial charge >= 0.3 is 0 Å². The van der Waals surface area contributed by atoms with E-state index in [2.05, 4.69) is 44.2 Å². The van der Waals surface area contributed by atoms with Crippen molar-refractivity contribution in [3.05, 3.63) is 41.1 Å². The van der Waals surface area contributed by atoms with Crippen LogP contribution in [0.5, 0.6) is 0 Å². The Labute approximate surface area is 73.0 Å². The monoisotopic (exact) mass is 165 g/mol. The van der Waals surface area contributed by atoms with E-state index in [-0.39, 0.29) is 0 Å². The van der Waals surface area contributed by atoms with Gasteiger partial charge in [0.25, 0.3) is 0 Å². The van der Waals surface area contributed by atoms with Gasteiger partial charge in [-0.1, -0.05) is 30.3 Å². The topological polar surface area (TPSA) is 0 Å². The van der Waals surface area contributed by atoms with E-state index < -0.39 is 0 Å². The van der Waals surface area contributed by atoms with Crippen molar-refractivity contribution in [3.8, 4) is 0 Å². The van der Waals surface area contributed by atoms with E-state index in [1.165, 1.54) is 10.8 Å². The molecule has 0 bridgehead atoms. The molecule has 0 heterocycles. The fraction of sp³-hybridized carbons (Fsp3) is 0.300. The van der Waals surface area contributed by atoms with Crippen LogP contribution in [0.2, 0.25) is 0 Å². The fourth-order valence-corrected chi connectivity index (χ4v) is 1.45. The van der Waals surface area contributed by atoms with Crippen LogP contribution in [0.25, 0.3) is 0 Å². The van der Waals surface area contributed by atoms with Gasteiger partial charge in [-0.3, -0.25) is 0 Å². The third kappa shape index (κ3) is 3.38. The number of benzene rings is 1. The van der Waals surface area contributed by atoms with Gasteiger partial charge < -0.3 is 0 Å². The van der Waals surface area contributed by atoms with Gasteiger partial charge in [-0.05, 0) is 5.56 Å². The molecule has 0 spiro atoms. The lowest BCUT2D eigenvalue weighted by Gasteiger charge is -1.94. The molecule has 1 heteroatoms. The largest absolute Gasteiger partial charge is 0.151 e. The molecule has 1 aromatic rings. The van der Waals surface area contributed by atoms with Gasteiger partial charge in [-0.15, -0.1) is 0 Å². The highest BCUT2D eigenvalue weighted by Crippen LogP contribution is 2.21. The predicted molar refractivity (Wildman–Crippen MR) is 52.3 cm³/mol. The van der Waals surface area contributed by atoms with Gasteiger partial charge in [0.2, 0.25) is 0 Å². The molecule has 0 radical (unpaired) electrons. The molecule has 0 saturated carbocycles. The number of rotatable bonds is 3. The molecule has 0 saturated heterocycles. The molecule has 0 aromatic heterocycles. The summed E-state index contributed by atoms with van der Waals surface area (Å²) in [6.45, 7) is 4.29. The van der Waals surface area contributed by atoms with Gasteiger partial charge in [0.05, 0.1) is 31.4 Å². The maximum absolute atomic E-state index is 2.16. The standard InChI is InChI=1S/C10H13S/c1-9(2)11-8-10-6-4-3-5-7-10/h3-7H,8H2,1-2H3/q+1. The second-order valence-corrected chi connectivity index (χ2v) is 4.08. The molecule has 0 amide bonds. The van der Waals surface area contributed by atoms with E-state index in [1.54, 1.807) is 0 Å². The van der Waals surface area contributed by atoms with Crippen molar-refractivity contribution in [2.24, 2.45) is 0 Å². The lowest BCUT2D eigenvalue weighted by Crippen LogP contribution is -1.80. The van der Waals surface area contributed by atoms with Crippen LogP contribution in [-0.4, -0.2) is 0 Å². The minimum atomic E-state index is 1.10. The summed E-state index contributed by atoms with van der Waals surface area (Å²) < 4.78 is 0. The molecule has 0 aliphatic rings. The third-order valence-electron chi connectivity index (χ3n) is 1.37. The SMILES string of the molecule is C[C+](C)SCc1ccccc1. The zero-order valence-electron chi connectivity index (χ0n) is 7.00. The maximum Gasteiger partial charge on any atom is 0.151 e. The van der Waals surface area contributed by atoms with Crippen LogP contribution >= 0.6 is 11.8 Å². The Kier molecular flexibility index (Phi) is 3.37. The Hall–Kier alpha value is -0.560. The van der Waals surface area contributed by atoms with Crippen LogP contribution in [0.3, 0.4) is 0 Å². The van der Waals surface area contributed by atoms with Gasteiger partial charge in [0.1, 0.15) is 0 Å². The van der Waals surface area contributed by atoms with Crippen molar-refractivity contribution in [2.75, 3.05) is 0 Å². The molecule has 11 heavy (non-hydrogen) atoms. The number of hydrogen-bond acceptors (Lipinski definition) is 1. The lowest BCUT2D eigenvalue weighted by atomic mass is 10.2. The molecule has 0 atom stereocenters. The Morgan fingerprint density at radius 1 is 1.18 bits per heavy atom. The van der Waals surface area contributed by atoms with Crippen molar-refractivity contribution in [1.29, 1.82) is 0 Å². The van der Waals surface area contributed by atoms with E-state index in [9.17, 15) is 0 Å². The molecule has 58 valence electrons. The summed E-state index contributed by atoms with van der Waals surface area (Å²) >= 11 is 1.90. The first-order valence-electron chi connectivity index (χ1n) is 3.76. The maximum atomic E-state index is 2.16. The fourth-order valence-electron chi connectivity index (χ4n) is 0.802. The van der Waals surface area contributed by atoms with Crippen LogP contribution in [0, 0.1) is 5.25 Å². The van der Waals surface area contributed by atoms with E-state index in [4.69, 9.17) is 0 Å². The summed E-state index contributed by atoms with van der Waals surface area (Å²) in [4.78, 5) is 0. The zero-order valence-corrected chi connectivity index (χ0v) is 7.82. The first kappa shape index (κ1) is 8.54. The second kappa shape index (κ2) is 4.35. The molecule has 1 rings (SSSR count). The first-order chi connectivity index (χ1) is 5.29. The number of thioether (sulfide) groups is 1. The Bertz CT molecular complexity index is 191. The average Bonchev–Trinajstić information content (AvgIpc) is 2.03. The molecule has 1 aromatic carbocycles. The van der Waals surface area contributed by atoms with E-state index in [0.29, 0.717) is 0 Å². The summed E-state index contributed by atoms with van der Waals surface area (Å²) in [5.74, 6) is 1.10. The molecular weight excluding hydrogens is 152 g/mol. The molecule has 0 N–H and O–H groups in total. The third-order valence-corrected chi connectivity index (χ3v) is 2.43. The smallest absolute Gasteiger partial charge is 0.0622 e. The van der Waals surface area contributed by atoms with Gasteiger partial charge in [0.15, 0.2) is 5.25 Å². The number of hydrogen-bond donors (Lipinski definition) is 0. The molecule has 0 aliphatic carbocycles. The van der Waals surface area contributed by atoms with Crippen LogP contribution in [0.4, 0.5) is 0 Å². The molecule has 0 fully saturated rings. The predicted octanol–water partition coefficient (Wildman–Crippen LogP) is 3.49. The Morgan fingerprint density at radius 2 is 1.82 bits per heavy atom. The average molecular weight is 165 g/mol. The van der Waals surface area contributed by atoms with Crippen LogP contribution in [0.15, 0.2) is 30.3 Å². The van der Waals surface area contributed by atoms with Crippen molar-refractivity contribution in [3.63, 3.8) is 0 Å². The molecule has 0 nitrogen and oxygen atoms in total. The van der Waals surface area contributed by atoms with Crippen molar-refractivity contribution in [1.82, 2.24) is 0 Å². The molecule has 0 unspecified atom stereocenters. The first-order valence-corrected chi connectivity index (χ1v) is 4.74. The second-order valence-electron chi connectivity index (χ2n) is 2.68. The van der Waals surface area contributed by atoms with Gasteiger partial charge in [-0.25, -0.2) is 0 Å². The summed E-state index contributed by atoms with van der Waals surface area (Å²) in [5.41, 5.74) is 1.40. The lowest BCUT2D eigenvalue weighted by molar-refractivity contribution is 1.31. The Balaban J connectivity index is 2.39. The van der Waals surface area contributed by atoms with Crippen LogP contribution in [0.1, 0.15) is 19.4 Å². The highest BCUT2D eigenvalue weighted by molar-refractivity contribution is 8.01. The minimum absolute atomic E-state index is 1.10. The van der Waals surface area contributed by atoms with Crippen LogP contribution < -0.4 is 0 Å². The summed E-state index contributed by atoms with van der Waals surface area (Å²) in [7, 11) is 0. The zero-order chi connectivity index (χ0) is 8.10. The summed E-state index contributed by atoms with van der Waals surface area (Å²) in [5, 5.41) is 1.42. The van der Waals surface area contributed by atoms with E-state index in [1.807, 2.05) is 11.8 Å². The highest BCUT2D eigenvalue weighted by Gasteiger charge is 2.05. The Morgan fingerprint density at radius 3 is 2.36 bits per heavy atom. The van der Waals surface area contributed by atoms with Crippen LogP contribution in [-0.2, 0) is 5.75 Å². The van der Waals surface area contributed by atoms with Crippen molar-refractivity contribution >= 4 is 11.8 Å². The highest BCUT2D eigenvalue weighted by atomic mass is 32.2. The van der Waals surface area contributed by atoms with E-state index >= 15 is 0 Å². The summed E-state index contributed by atoms with van der Waals surface area (Å²) in [6.07, 6.45) is 0. The molecule has 0 aliphatic heterocycles. The van der Waals surface area contributed by atoms with E-state index in [0.717, 1.165) is 5.75 Å². The summed E-state index contributed by atoms with van der Waals surface area (Å²) in [6, 6.07) is 10.5. The van der Waals surface area contributed by atoms with Crippen molar-refractivity contribution in [2.45, 2.75) is 19.6 Å². The van der Waals surface area contributed by atoms with Crippen molar-refractivity contribution < 1.29 is 0 Å². The minimum Gasteiger partial charge on any atom is -0.0622 e. The molecular formula is C10H13S+. The quantitative estimate of drug-likeness (QED) is 0.618. The van der Waals surface area contributed by atoms with Gasteiger partial charge in [0, 0.05) is 0 Å². The van der Waals surface area contributed by atoms with Gasteiger partial charge in [-0.2, -0.15) is 0 Å².